The zero-order valence-electron chi connectivity index (χ0n) is 13.0. The van der Waals surface area contributed by atoms with Crippen molar-refractivity contribution >= 4 is 33.2 Å². The molecule has 1 aromatic rings. The molecular formula is C15H19F3N2O2S2. The summed E-state index contributed by atoms with van der Waals surface area (Å²) in [5, 5.41) is 3.40. The van der Waals surface area contributed by atoms with Crippen molar-refractivity contribution in [1.82, 2.24) is 4.98 Å². The van der Waals surface area contributed by atoms with Crippen LogP contribution in [0.3, 0.4) is 0 Å². The highest BCUT2D eigenvalue weighted by atomic mass is 33.1. The predicted octanol–water partition coefficient (Wildman–Crippen LogP) is 4.68. The SMILES string of the molecule is O=C(CCCCC1CCSS1)Nc1ccc(OCC(F)(F)F)nc1. The molecular weight excluding hydrogens is 361 g/mol. The summed E-state index contributed by atoms with van der Waals surface area (Å²) in [6.07, 6.45) is 1.55. The second kappa shape index (κ2) is 9.41. The monoisotopic (exact) mass is 380 g/mol. The van der Waals surface area contributed by atoms with Gasteiger partial charge in [-0.1, -0.05) is 28.0 Å². The Labute approximate surface area is 146 Å². The van der Waals surface area contributed by atoms with Crippen LogP contribution in [0.5, 0.6) is 5.88 Å². The molecule has 0 aliphatic carbocycles. The van der Waals surface area contributed by atoms with E-state index in [1.54, 1.807) is 0 Å². The van der Waals surface area contributed by atoms with Gasteiger partial charge in [0.25, 0.3) is 0 Å². The van der Waals surface area contributed by atoms with E-state index in [1.165, 1.54) is 30.5 Å². The zero-order valence-corrected chi connectivity index (χ0v) is 14.6. The first-order valence-electron chi connectivity index (χ1n) is 7.66. The number of carbonyl (C=O) groups is 1. The van der Waals surface area contributed by atoms with E-state index in [1.807, 2.05) is 21.6 Å². The number of nitrogens with one attached hydrogen (secondary N) is 1. The van der Waals surface area contributed by atoms with E-state index < -0.39 is 12.8 Å². The quantitative estimate of drug-likeness (QED) is 0.524. The topological polar surface area (TPSA) is 51.2 Å². The Kier molecular flexibility index (Phi) is 7.54. The molecule has 1 aliphatic rings. The summed E-state index contributed by atoms with van der Waals surface area (Å²) in [6, 6.07) is 2.78. The first kappa shape index (κ1) is 19.2. The number of halogens is 3. The minimum Gasteiger partial charge on any atom is -0.468 e. The normalized spacial score (nSPS) is 17.7. The van der Waals surface area contributed by atoms with E-state index in [2.05, 4.69) is 15.0 Å². The number of hydrogen-bond donors (Lipinski definition) is 1. The van der Waals surface area contributed by atoms with Gasteiger partial charge in [-0.3, -0.25) is 4.79 Å². The summed E-state index contributed by atoms with van der Waals surface area (Å²) in [4.78, 5) is 15.6. The Morgan fingerprint density at radius 3 is 2.83 bits per heavy atom. The van der Waals surface area contributed by atoms with Crippen molar-refractivity contribution in [1.29, 1.82) is 0 Å². The van der Waals surface area contributed by atoms with E-state index >= 15 is 0 Å². The molecule has 1 amide bonds. The third-order valence-electron chi connectivity index (χ3n) is 3.31. The van der Waals surface area contributed by atoms with E-state index in [-0.39, 0.29) is 11.8 Å². The van der Waals surface area contributed by atoms with Crippen molar-refractivity contribution in [2.24, 2.45) is 0 Å². The van der Waals surface area contributed by atoms with Crippen molar-refractivity contribution in [3.8, 4) is 5.88 Å². The number of hydrogen-bond acceptors (Lipinski definition) is 5. The lowest BCUT2D eigenvalue weighted by molar-refractivity contribution is -0.154. The number of carbonyl (C=O) groups excluding carboxylic acids is 1. The number of unbranched alkanes of at least 4 members (excludes halogenated alkanes) is 1. The molecule has 0 radical (unpaired) electrons. The van der Waals surface area contributed by atoms with Gasteiger partial charge in [-0.2, -0.15) is 13.2 Å². The average Bonchev–Trinajstić information content (AvgIpc) is 3.03. The number of pyridine rings is 1. The molecule has 1 aliphatic heterocycles. The molecule has 0 saturated carbocycles. The van der Waals surface area contributed by atoms with Crippen LogP contribution in [0.4, 0.5) is 18.9 Å². The number of alkyl halides is 3. The van der Waals surface area contributed by atoms with Crippen molar-refractivity contribution in [3.05, 3.63) is 18.3 Å². The summed E-state index contributed by atoms with van der Waals surface area (Å²) in [5.74, 6) is 0.970. The van der Waals surface area contributed by atoms with Crippen LogP contribution in [0.15, 0.2) is 18.3 Å². The maximum absolute atomic E-state index is 12.0. The van der Waals surface area contributed by atoms with Crippen molar-refractivity contribution in [3.63, 3.8) is 0 Å². The van der Waals surface area contributed by atoms with Crippen LogP contribution in [0.1, 0.15) is 32.1 Å². The van der Waals surface area contributed by atoms with Gasteiger partial charge in [-0.25, -0.2) is 4.98 Å². The molecule has 2 heterocycles. The highest BCUT2D eigenvalue weighted by molar-refractivity contribution is 8.77. The van der Waals surface area contributed by atoms with Gasteiger partial charge in [-0.05, 0) is 25.3 Å². The predicted molar refractivity (Wildman–Crippen MR) is 91.3 cm³/mol. The number of rotatable bonds is 8. The Balaban J connectivity index is 1.64. The van der Waals surface area contributed by atoms with Gasteiger partial charge >= 0.3 is 6.18 Å². The van der Waals surface area contributed by atoms with Crippen LogP contribution in [-0.2, 0) is 4.79 Å². The lowest BCUT2D eigenvalue weighted by Crippen LogP contribution is -2.19. The van der Waals surface area contributed by atoms with Gasteiger partial charge in [0.1, 0.15) is 0 Å². The highest BCUT2D eigenvalue weighted by Crippen LogP contribution is 2.39. The van der Waals surface area contributed by atoms with Crippen LogP contribution in [-0.4, -0.2) is 34.7 Å². The molecule has 9 heteroatoms. The van der Waals surface area contributed by atoms with Crippen molar-refractivity contribution in [2.45, 2.75) is 43.5 Å². The van der Waals surface area contributed by atoms with Gasteiger partial charge < -0.3 is 10.1 Å². The van der Waals surface area contributed by atoms with Gasteiger partial charge in [0.15, 0.2) is 6.61 Å². The Bertz CT molecular complexity index is 520. The molecule has 1 unspecified atom stereocenters. The lowest BCUT2D eigenvalue weighted by Gasteiger charge is -2.09. The molecule has 134 valence electrons. The number of anilines is 1. The Morgan fingerprint density at radius 2 is 2.21 bits per heavy atom. The molecule has 2 rings (SSSR count). The van der Waals surface area contributed by atoms with Crippen LogP contribution in [0.25, 0.3) is 0 Å². The number of ether oxygens (including phenoxy) is 1. The first-order chi connectivity index (χ1) is 11.4. The van der Waals surface area contributed by atoms with Gasteiger partial charge in [0, 0.05) is 23.5 Å². The molecule has 0 bridgehead atoms. The first-order valence-corrected chi connectivity index (χ1v) is 10.0. The van der Waals surface area contributed by atoms with Gasteiger partial charge in [0.2, 0.25) is 11.8 Å². The maximum Gasteiger partial charge on any atom is 0.422 e. The summed E-state index contributed by atoms with van der Waals surface area (Å²) < 4.78 is 40.6. The fraction of sp³-hybridized carbons (Fsp3) is 0.600. The summed E-state index contributed by atoms with van der Waals surface area (Å²) in [5.41, 5.74) is 0.446. The molecule has 1 atom stereocenters. The smallest absolute Gasteiger partial charge is 0.422 e. The third kappa shape index (κ3) is 7.65. The van der Waals surface area contributed by atoms with Gasteiger partial charge in [-0.15, -0.1) is 0 Å². The highest BCUT2D eigenvalue weighted by Gasteiger charge is 2.28. The molecule has 1 N–H and O–H groups in total. The van der Waals surface area contributed by atoms with Crippen LogP contribution in [0, 0.1) is 0 Å². The van der Waals surface area contributed by atoms with Crippen molar-refractivity contribution < 1.29 is 22.7 Å². The van der Waals surface area contributed by atoms with Crippen LogP contribution >= 0.6 is 21.6 Å². The van der Waals surface area contributed by atoms with Crippen molar-refractivity contribution in [2.75, 3.05) is 17.7 Å². The van der Waals surface area contributed by atoms with E-state index in [9.17, 15) is 18.0 Å². The molecule has 4 nitrogen and oxygen atoms in total. The molecule has 1 saturated heterocycles. The maximum atomic E-state index is 12.0. The Morgan fingerprint density at radius 1 is 1.38 bits per heavy atom. The molecule has 1 fully saturated rings. The third-order valence-corrected chi connectivity index (χ3v) is 6.32. The fourth-order valence-corrected chi connectivity index (χ4v) is 5.17. The Hall–Kier alpha value is -1.09. The molecule has 0 spiro atoms. The summed E-state index contributed by atoms with van der Waals surface area (Å²) >= 11 is 0. The largest absolute Gasteiger partial charge is 0.468 e. The number of nitrogens with zero attached hydrogens (tertiary/aromatic N) is 1. The van der Waals surface area contributed by atoms with Gasteiger partial charge in [0.05, 0.1) is 11.9 Å². The molecule has 0 aromatic carbocycles. The number of amides is 1. The van der Waals surface area contributed by atoms with E-state index in [4.69, 9.17) is 0 Å². The second-order valence-corrected chi connectivity index (χ2v) is 8.20. The van der Waals surface area contributed by atoms with E-state index in [0.29, 0.717) is 17.4 Å². The lowest BCUT2D eigenvalue weighted by atomic mass is 10.1. The average molecular weight is 380 g/mol. The second-order valence-electron chi connectivity index (χ2n) is 5.41. The molecule has 24 heavy (non-hydrogen) atoms. The molecule has 1 aromatic heterocycles. The number of aromatic nitrogens is 1. The van der Waals surface area contributed by atoms with E-state index in [0.717, 1.165) is 19.3 Å². The van der Waals surface area contributed by atoms with Crippen LogP contribution < -0.4 is 10.1 Å². The minimum atomic E-state index is -4.40. The zero-order chi connectivity index (χ0) is 17.4. The standard InChI is InChI=1S/C15H19F3N2O2S2/c16-15(17,18)10-22-14-6-5-11(9-19-14)20-13(21)4-2-1-3-12-7-8-23-24-12/h5-6,9,12H,1-4,7-8,10H2,(H,20,21). The summed E-state index contributed by atoms with van der Waals surface area (Å²) in [6.45, 7) is -1.39. The summed E-state index contributed by atoms with van der Waals surface area (Å²) in [7, 11) is 3.85. The van der Waals surface area contributed by atoms with Crippen LogP contribution in [0.2, 0.25) is 0 Å². The minimum absolute atomic E-state index is 0.116. The fourth-order valence-electron chi connectivity index (χ4n) is 2.14.